The standard InChI is InChI=1S/C21H26N2O3/c1-14-7-6-8-15(2)21(14)22-20(25)13-23(4)12-18-11-17(16(3)24)9-10-19(18)26-5/h6-11H,12-13H2,1-5H3,(H,22,25)/p+1. The third-order valence-corrected chi connectivity index (χ3v) is 4.39. The minimum Gasteiger partial charge on any atom is -0.496 e. The Labute approximate surface area is 155 Å². The zero-order valence-electron chi connectivity index (χ0n) is 16.1. The van der Waals surface area contributed by atoms with Gasteiger partial charge in [-0.15, -0.1) is 0 Å². The molecule has 0 saturated carbocycles. The Balaban J connectivity index is 2.06. The number of Topliss-reactive ketones (excluding diaryl/α,β-unsaturated/α-hetero) is 1. The van der Waals surface area contributed by atoms with Gasteiger partial charge in [0.2, 0.25) is 0 Å². The van der Waals surface area contributed by atoms with E-state index < -0.39 is 0 Å². The zero-order chi connectivity index (χ0) is 19.3. The van der Waals surface area contributed by atoms with Gasteiger partial charge in [0.15, 0.2) is 12.3 Å². The minimum absolute atomic E-state index is 0.0133. The molecule has 0 heterocycles. The highest BCUT2D eigenvalue weighted by Crippen LogP contribution is 2.20. The SMILES string of the molecule is COc1ccc(C(C)=O)cc1C[NH+](C)CC(=O)Nc1c(C)cccc1C. The van der Waals surface area contributed by atoms with Crippen molar-refractivity contribution in [3.8, 4) is 5.75 Å². The molecule has 0 radical (unpaired) electrons. The number of anilines is 1. The number of rotatable bonds is 7. The number of hydrogen-bond acceptors (Lipinski definition) is 3. The van der Waals surface area contributed by atoms with Crippen molar-refractivity contribution in [1.29, 1.82) is 0 Å². The molecule has 0 aliphatic rings. The Morgan fingerprint density at radius 2 is 1.77 bits per heavy atom. The largest absolute Gasteiger partial charge is 0.496 e. The van der Waals surface area contributed by atoms with E-state index in [-0.39, 0.29) is 11.7 Å². The lowest BCUT2D eigenvalue weighted by atomic mass is 10.1. The summed E-state index contributed by atoms with van der Waals surface area (Å²) in [7, 11) is 3.56. The van der Waals surface area contributed by atoms with Crippen LogP contribution in [-0.2, 0) is 11.3 Å². The molecule has 0 spiro atoms. The normalized spacial score (nSPS) is 11.7. The van der Waals surface area contributed by atoms with Crippen molar-refractivity contribution in [2.45, 2.75) is 27.3 Å². The summed E-state index contributed by atoms with van der Waals surface area (Å²) >= 11 is 0. The highest BCUT2D eigenvalue weighted by atomic mass is 16.5. The number of methoxy groups -OCH3 is 1. The van der Waals surface area contributed by atoms with Gasteiger partial charge < -0.3 is 15.0 Å². The van der Waals surface area contributed by atoms with Gasteiger partial charge in [-0.05, 0) is 50.1 Å². The van der Waals surface area contributed by atoms with Crippen LogP contribution in [0.5, 0.6) is 5.75 Å². The van der Waals surface area contributed by atoms with Gasteiger partial charge in [0.1, 0.15) is 12.3 Å². The zero-order valence-corrected chi connectivity index (χ0v) is 16.1. The minimum atomic E-state index is -0.0402. The Morgan fingerprint density at radius 3 is 2.35 bits per heavy atom. The highest BCUT2D eigenvalue weighted by molar-refractivity contribution is 5.94. The molecular weight excluding hydrogens is 328 g/mol. The van der Waals surface area contributed by atoms with E-state index in [9.17, 15) is 9.59 Å². The van der Waals surface area contributed by atoms with Crippen LogP contribution in [0.15, 0.2) is 36.4 Å². The molecule has 0 aromatic heterocycles. The molecule has 5 heteroatoms. The number of amides is 1. The molecule has 0 fully saturated rings. The van der Waals surface area contributed by atoms with Crippen molar-refractivity contribution in [2.75, 3.05) is 26.0 Å². The predicted molar refractivity (Wildman–Crippen MR) is 103 cm³/mol. The summed E-state index contributed by atoms with van der Waals surface area (Å²) in [6, 6.07) is 11.3. The maximum atomic E-state index is 12.4. The number of hydrogen-bond donors (Lipinski definition) is 2. The monoisotopic (exact) mass is 355 g/mol. The van der Waals surface area contributed by atoms with Crippen molar-refractivity contribution in [3.05, 3.63) is 58.7 Å². The van der Waals surface area contributed by atoms with Crippen LogP contribution in [0.2, 0.25) is 0 Å². The maximum Gasteiger partial charge on any atom is 0.279 e. The Hall–Kier alpha value is -2.66. The van der Waals surface area contributed by atoms with E-state index in [0.717, 1.165) is 33.0 Å². The molecule has 1 atom stereocenters. The quantitative estimate of drug-likeness (QED) is 0.749. The third kappa shape index (κ3) is 4.92. The van der Waals surface area contributed by atoms with Crippen LogP contribution in [0.3, 0.4) is 0 Å². The van der Waals surface area contributed by atoms with Gasteiger partial charge in [-0.1, -0.05) is 18.2 Å². The van der Waals surface area contributed by atoms with Gasteiger partial charge >= 0.3 is 0 Å². The van der Waals surface area contributed by atoms with E-state index in [1.54, 1.807) is 26.2 Å². The van der Waals surface area contributed by atoms with Gasteiger partial charge in [-0.3, -0.25) is 9.59 Å². The molecule has 2 aromatic rings. The maximum absolute atomic E-state index is 12.4. The summed E-state index contributed by atoms with van der Waals surface area (Å²) < 4.78 is 5.39. The Morgan fingerprint density at radius 1 is 1.12 bits per heavy atom. The van der Waals surface area contributed by atoms with Gasteiger partial charge in [-0.25, -0.2) is 0 Å². The second kappa shape index (κ2) is 8.63. The second-order valence-electron chi connectivity index (χ2n) is 6.71. The summed E-state index contributed by atoms with van der Waals surface area (Å²) in [5, 5.41) is 3.01. The van der Waals surface area contributed by atoms with Crippen molar-refractivity contribution in [1.82, 2.24) is 0 Å². The first-order chi connectivity index (χ1) is 12.3. The number of ketones is 1. The molecule has 0 bridgehead atoms. The van der Waals surface area contributed by atoms with Crippen molar-refractivity contribution >= 4 is 17.4 Å². The first-order valence-electron chi connectivity index (χ1n) is 8.67. The fourth-order valence-electron chi connectivity index (χ4n) is 2.99. The number of para-hydroxylation sites is 1. The number of carbonyl (C=O) groups excluding carboxylic acids is 2. The molecule has 26 heavy (non-hydrogen) atoms. The molecule has 5 nitrogen and oxygen atoms in total. The van der Waals surface area contributed by atoms with Gasteiger partial charge in [0.05, 0.1) is 14.2 Å². The topological polar surface area (TPSA) is 59.8 Å². The molecule has 2 aromatic carbocycles. The molecule has 1 unspecified atom stereocenters. The molecule has 2 rings (SSSR count). The molecule has 0 aliphatic carbocycles. The fraction of sp³-hybridized carbons (Fsp3) is 0.333. The van der Waals surface area contributed by atoms with E-state index in [1.165, 1.54) is 0 Å². The van der Waals surface area contributed by atoms with Gasteiger partial charge in [-0.2, -0.15) is 0 Å². The van der Waals surface area contributed by atoms with E-state index in [1.807, 2.05) is 45.2 Å². The molecule has 0 aliphatic heterocycles. The summed E-state index contributed by atoms with van der Waals surface area (Å²) in [6.45, 7) is 6.42. The summed E-state index contributed by atoms with van der Waals surface area (Å²) in [5.41, 5.74) is 4.53. The summed E-state index contributed by atoms with van der Waals surface area (Å²) in [4.78, 5) is 25.1. The first kappa shape index (κ1) is 19.7. The fourth-order valence-corrected chi connectivity index (χ4v) is 2.99. The number of quaternary nitrogens is 1. The number of carbonyl (C=O) groups is 2. The third-order valence-electron chi connectivity index (χ3n) is 4.39. The lowest BCUT2D eigenvalue weighted by molar-refractivity contribution is -0.885. The van der Waals surface area contributed by atoms with E-state index in [4.69, 9.17) is 4.74 Å². The lowest BCUT2D eigenvalue weighted by Gasteiger charge is -2.17. The smallest absolute Gasteiger partial charge is 0.279 e. The number of nitrogens with one attached hydrogen (secondary N) is 2. The van der Waals surface area contributed by atoms with Gasteiger partial charge in [0, 0.05) is 16.8 Å². The van der Waals surface area contributed by atoms with Crippen LogP contribution in [0, 0.1) is 13.8 Å². The lowest BCUT2D eigenvalue weighted by Crippen LogP contribution is -3.08. The van der Waals surface area contributed by atoms with Crippen LogP contribution in [0.25, 0.3) is 0 Å². The predicted octanol–water partition coefficient (Wildman–Crippen LogP) is 2.17. The average molecular weight is 355 g/mol. The van der Waals surface area contributed by atoms with Crippen LogP contribution < -0.4 is 15.0 Å². The van der Waals surface area contributed by atoms with Crippen molar-refractivity contribution in [2.24, 2.45) is 0 Å². The number of benzene rings is 2. The molecule has 2 N–H and O–H groups in total. The highest BCUT2D eigenvalue weighted by Gasteiger charge is 2.16. The molecule has 138 valence electrons. The van der Waals surface area contributed by atoms with E-state index in [2.05, 4.69) is 5.32 Å². The van der Waals surface area contributed by atoms with Crippen LogP contribution in [-0.4, -0.2) is 32.4 Å². The number of likely N-dealkylation sites (N-methyl/N-ethyl adjacent to an activating group) is 1. The van der Waals surface area contributed by atoms with Crippen molar-refractivity contribution < 1.29 is 19.2 Å². The molecule has 1 amide bonds. The first-order valence-corrected chi connectivity index (χ1v) is 8.67. The molecular formula is C21H27N2O3+. The summed E-state index contributed by atoms with van der Waals surface area (Å²) in [6.07, 6.45) is 0. The number of ether oxygens (including phenoxy) is 1. The Kier molecular flexibility index (Phi) is 6.52. The van der Waals surface area contributed by atoms with Gasteiger partial charge in [0.25, 0.3) is 5.91 Å². The van der Waals surface area contributed by atoms with E-state index in [0.29, 0.717) is 18.7 Å². The van der Waals surface area contributed by atoms with Crippen LogP contribution in [0.4, 0.5) is 5.69 Å². The van der Waals surface area contributed by atoms with Crippen LogP contribution in [0.1, 0.15) is 34.0 Å². The van der Waals surface area contributed by atoms with Crippen LogP contribution >= 0.6 is 0 Å². The number of aryl methyl sites for hydroxylation is 2. The molecule has 0 saturated heterocycles. The summed E-state index contributed by atoms with van der Waals surface area (Å²) in [5.74, 6) is 0.699. The average Bonchev–Trinajstić information content (AvgIpc) is 2.58. The van der Waals surface area contributed by atoms with Crippen molar-refractivity contribution in [3.63, 3.8) is 0 Å². The second-order valence-corrected chi connectivity index (χ2v) is 6.71. The van der Waals surface area contributed by atoms with E-state index >= 15 is 0 Å². The Bertz CT molecular complexity index is 795.